The summed E-state index contributed by atoms with van der Waals surface area (Å²) in [5.74, 6) is 1.50. The Morgan fingerprint density at radius 2 is 1.95 bits per heavy atom. The van der Waals surface area contributed by atoms with Gasteiger partial charge in [-0.05, 0) is 32.6 Å². The molecule has 1 aromatic heterocycles. The maximum absolute atomic E-state index is 12.1. The van der Waals surface area contributed by atoms with E-state index in [4.69, 9.17) is 4.74 Å². The highest BCUT2D eigenvalue weighted by Crippen LogP contribution is 2.50. The van der Waals surface area contributed by atoms with E-state index in [0.29, 0.717) is 23.3 Å². The van der Waals surface area contributed by atoms with Crippen LogP contribution in [-0.2, 0) is 0 Å². The molecular weight excluding hydrogens is 244 g/mol. The zero-order valence-corrected chi connectivity index (χ0v) is 11.6. The molecule has 2 N–H and O–H groups in total. The van der Waals surface area contributed by atoms with Gasteiger partial charge in [0.05, 0.1) is 5.56 Å². The number of rotatable bonds is 0. The number of hydrogen-bond acceptors (Lipinski definition) is 3. The van der Waals surface area contributed by atoms with E-state index < -0.39 is 5.69 Å². The van der Waals surface area contributed by atoms with Crippen molar-refractivity contribution in [1.29, 1.82) is 0 Å². The third kappa shape index (κ3) is 1.91. The Morgan fingerprint density at radius 1 is 1.21 bits per heavy atom. The molecule has 1 aliphatic carbocycles. The van der Waals surface area contributed by atoms with Crippen molar-refractivity contribution in [3.8, 4) is 5.88 Å². The minimum absolute atomic E-state index is 0.183. The summed E-state index contributed by atoms with van der Waals surface area (Å²) in [5, 5.41) is 0. The summed E-state index contributed by atoms with van der Waals surface area (Å²) in [4.78, 5) is 28.5. The standard InChI is InChI=1S/C14H20N2O3/c1-7-4-5-9-8(6-7)10-11(17)15-13(18)16-12(10)19-14(9,2)3/h7-9H,4-6H2,1-3H3,(H2,15,16,17,18)/t7-,8+,9+/m1/s1. The molecule has 104 valence electrons. The van der Waals surface area contributed by atoms with Gasteiger partial charge in [-0.2, -0.15) is 0 Å². The molecule has 3 atom stereocenters. The molecule has 3 rings (SSSR count). The Labute approximate surface area is 111 Å². The highest BCUT2D eigenvalue weighted by Gasteiger charge is 2.47. The molecular formula is C14H20N2O3. The lowest BCUT2D eigenvalue weighted by Crippen LogP contribution is -2.49. The molecule has 0 radical (unpaired) electrons. The Balaban J connectivity index is 2.18. The summed E-state index contributed by atoms with van der Waals surface area (Å²) in [6.45, 7) is 6.31. The minimum atomic E-state index is -0.498. The molecule has 19 heavy (non-hydrogen) atoms. The summed E-state index contributed by atoms with van der Waals surface area (Å²) in [6.07, 6.45) is 3.22. The molecule has 1 fully saturated rings. The quantitative estimate of drug-likeness (QED) is 0.749. The van der Waals surface area contributed by atoms with Crippen LogP contribution in [-0.4, -0.2) is 15.6 Å². The lowest BCUT2D eigenvalue weighted by Gasteiger charge is -2.47. The van der Waals surface area contributed by atoms with Crippen LogP contribution in [0.15, 0.2) is 9.59 Å². The first-order chi connectivity index (χ1) is 8.88. The van der Waals surface area contributed by atoms with Crippen LogP contribution in [0.3, 0.4) is 0 Å². The Hall–Kier alpha value is -1.52. The minimum Gasteiger partial charge on any atom is -0.472 e. The molecule has 0 amide bonds. The van der Waals surface area contributed by atoms with E-state index in [9.17, 15) is 9.59 Å². The van der Waals surface area contributed by atoms with E-state index in [2.05, 4.69) is 16.9 Å². The molecule has 5 nitrogen and oxygen atoms in total. The summed E-state index contributed by atoms with van der Waals surface area (Å²) in [6, 6.07) is 0. The molecule has 5 heteroatoms. The largest absolute Gasteiger partial charge is 0.472 e. The molecule has 1 aromatic rings. The second kappa shape index (κ2) is 3.99. The van der Waals surface area contributed by atoms with Crippen LogP contribution in [0.2, 0.25) is 0 Å². The number of hydrogen-bond donors (Lipinski definition) is 2. The van der Waals surface area contributed by atoms with Crippen molar-refractivity contribution in [3.63, 3.8) is 0 Å². The molecule has 0 bridgehead atoms. The number of fused-ring (bicyclic) bond motifs is 3. The highest BCUT2D eigenvalue weighted by molar-refractivity contribution is 5.32. The smallest absolute Gasteiger partial charge is 0.328 e. The molecule has 1 saturated carbocycles. The van der Waals surface area contributed by atoms with E-state index >= 15 is 0 Å². The van der Waals surface area contributed by atoms with Gasteiger partial charge in [-0.1, -0.05) is 13.3 Å². The molecule has 0 unspecified atom stereocenters. The number of aromatic amines is 2. The van der Waals surface area contributed by atoms with E-state index in [1.54, 1.807) is 0 Å². The topological polar surface area (TPSA) is 75.0 Å². The molecule has 1 aliphatic heterocycles. The van der Waals surface area contributed by atoms with E-state index in [-0.39, 0.29) is 17.1 Å². The van der Waals surface area contributed by atoms with Crippen molar-refractivity contribution in [2.24, 2.45) is 11.8 Å². The Kier molecular flexibility index (Phi) is 2.62. The summed E-state index contributed by atoms with van der Waals surface area (Å²) < 4.78 is 5.91. The lowest BCUT2D eigenvalue weighted by molar-refractivity contribution is -0.0187. The van der Waals surface area contributed by atoms with E-state index in [1.807, 2.05) is 13.8 Å². The zero-order valence-electron chi connectivity index (χ0n) is 11.6. The lowest BCUT2D eigenvalue weighted by atomic mass is 9.65. The maximum Gasteiger partial charge on any atom is 0.328 e. The van der Waals surface area contributed by atoms with Gasteiger partial charge in [0.2, 0.25) is 5.88 Å². The van der Waals surface area contributed by atoms with Crippen LogP contribution in [0.25, 0.3) is 0 Å². The van der Waals surface area contributed by atoms with Crippen LogP contribution in [0.5, 0.6) is 5.88 Å². The summed E-state index contributed by atoms with van der Waals surface area (Å²) in [7, 11) is 0. The number of ether oxygens (including phenoxy) is 1. The van der Waals surface area contributed by atoms with Crippen molar-refractivity contribution >= 4 is 0 Å². The average molecular weight is 264 g/mol. The SMILES string of the molecule is C[C@@H]1CC[C@H]2[C@H](C1)c1c([nH]c(=O)[nH]c1=O)OC2(C)C. The molecule has 2 aliphatic rings. The highest BCUT2D eigenvalue weighted by atomic mass is 16.5. The maximum atomic E-state index is 12.1. The third-order valence-electron chi connectivity index (χ3n) is 4.68. The second-order valence-corrected chi connectivity index (χ2v) is 6.49. The van der Waals surface area contributed by atoms with Gasteiger partial charge in [-0.3, -0.25) is 14.8 Å². The Bertz CT molecular complexity index is 614. The summed E-state index contributed by atoms with van der Waals surface area (Å²) in [5.41, 5.74) is -0.496. The molecule has 0 spiro atoms. The molecule has 0 aromatic carbocycles. The van der Waals surface area contributed by atoms with Gasteiger partial charge in [0, 0.05) is 11.8 Å². The number of nitrogens with one attached hydrogen (secondary N) is 2. The third-order valence-corrected chi connectivity index (χ3v) is 4.68. The van der Waals surface area contributed by atoms with Crippen LogP contribution in [0.1, 0.15) is 51.5 Å². The van der Waals surface area contributed by atoms with Gasteiger partial charge in [-0.15, -0.1) is 0 Å². The fourth-order valence-electron chi connectivity index (χ4n) is 3.76. The first-order valence-corrected chi connectivity index (χ1v) is 6.94. The number of aromatic nitrogens is 2. The van der Waals surface area contributed by atoms with Crippen LogP contribution in [0.4, 0.5) is 0 Å². The number of H-pyrrole nitrogens is 2. The van der Waals surface area contributed by atoms with Gasteiger partial charge < -0.3 is 4.74 Å². The predicted molar refractivity (Wildman–Crippen MR) is 71.6 cm³/mol. The van der Waals surface area contributed by atoms with Crippen LogP contribution >= 0.6 is 0 Å². The van der Waals surface area contributed by atoms with Crippen molar-refractivity contribution < 1.29 is 4.74 Å². The van der Waals surface area contributed by atoms with Gasteiger partial charge in [0.1, 0.15) is 5.60 Å². The van der Waals surface area contributed by atoms with Gasteiger partial charge >= 0.3 is 5.69 Å². The first kappa shape index (κ1) is 12.5. The van der Waals surface area contributed by atoms with Crippen molar-refractivity contribution in [2.45, 2.75) is 51.6 Å². The fourth-order valence-corrected chi connectivity index (χ4v) is 3.76. The molecule has 2 heterocycles. The Morgan fingerprint density at radius 3 is 2.68 bits per heavy atom. The van der Waals surface area contributed by atoms with Crippen molar-refractivity contribution in [3.05, 3.63) is 26.4 Å². The fraction of sp³-hybridized carbons (Fsp3) is 0.714. The molecule has 0 saturated heterocycles. The normalized spacial score (nSPS) is 32.1. The zero-order chi connectivity index (χ0) is 13.8. The van der Waals surface area contributed by atoms with E-state index in [1.165, 1.54) is 6.42 Å². The van der Waals surface area contributed by atoms with E-state index in [0.717, 1.165) is 12.8 Å². The second-order valence-electron chi connectivity index (χ2n) is 6.49. The van der Waals surface area contributed by atoms with Crippen LogP contribution < -0.4 is 16.0 Å². The summed E-state index contributed by atoms with van der Waals surface area (Å²) >= 11 is 0. The average Bonchev–Trinajstić information content (AvgIpc) is 2.25. The van der Waals surface area contributed by atoms with Crippen molar-refractivity contribution in [1.82, 2.24) is 9.97 Å². The van der Waals surface area contributed by atoms with Crippen LogP contribution in [0, 0.1) is 11.8 Å². The van der Waals surface area contributed by atoms with Gasteiger partial charge in [-0.25, -0.2) is 4.79 Å². The predicted octanol–water partition coefficient (Wildman–Crippen LogP) is 1.75. The van der Waals surface area contributed by atoms with Crippen molar-refractivity contribution in [2.75, 3.05) is 0 Å². The first-order valence-electron chi connectivity index (χ1n) is 6.94. The van der Waals surface area contributed by atoms with Gasteiger partial charge in [0.15, 0.2) is 0 Å². The monoisotopic (exact) mass is 264 g/mol. The van der Waals surface area contributed by atoms with Gasteiger partial charge in [0.25, 0.3) is 5.56 Å².